The molecule has 0 bridgehead atoms. The van der Waals surface area contributed by atoms with E-state index in [2.05, 4.69) is 5.16 Å². The minimum Gasteiger partial charge on any atom is -0.491 e. The van der Waals surface area contributed by atoms with Crippen LogP contribution >= 0.6 is 0 Å². The van der Waals surface area contributed by atoms with E-state index in [0.29, 0.717) is 13.2 Å². The van der Waals surface area contributed by atoms with Crippen LogP contribution in [0.4, 0.5) is 0 Å². The van der Waals surface area contributed by atoms with Crippen molar-refractivity contribution in [2.24, 2.45) is 0 Å². The second-order valence-electron chi connectivity index (χ2n) is 4.58. The van der Waals surface area contributed by atoms with Crippen LogP contribution in [0.25, 0.3) is 0 Å². The Bertz CT molecular complexity index is 443. The Morgan fingerprint density at radius 3 is 2.25 bits per heavy atom. The summed E-state index contributed by atoms with van der Waals surface area (Å²) >= 11 is 0. The van der Waals surface area contributed by atoms with Gasteiger partial charge in [0.1, 0.15) is 18.6 Å². The first-order valence-corrected chi connectivity index (χ1v) is 9.10. The van der Waals surface area contributed by atoms with Gasteiger partial charge in [0.15, 0.2) is 0 Å². The van der Waals surface area contributed by atoms with Crippen LogP contribution in [0.2, 0.25) is 0 Å². The summed E-state index contributed by atoms with van der Waals surface area (Å²) in [6.07, 6.45) is 5.94. The first kappa shape index (κ1) is 22.2. The van der Waals surface area contributed by atoms with Gasteiger partial charge in [-0.15, -0.1) is 0 Å². The number of nitrogens with zero attached hydrogens (tertiary/aromatic N) is 1. The van der Waals surface area contributed by atoms with Gasteiger partial charge in [0.25, 0.3) is 0 Å². The zero-order valence-corrected chi connectivity index (χ0v) is 15.7. The van der Waals surface area contributed by atoms with Crippen LogP contribution < -0.4 is 4.74 Å². The van der Waals surface area contributed by atoms with Crippen molar-refractivity contribution in [3.63, 3.8) is 0 Å². The molecule has 0 amide bonds. The highest BCUT2D eigenvalue weighted by molar-refractivity contribution is 5.20. The largest absolute Gasteiger partial charge is 0.491 e. The Morgan fingerprint density at radius 1 is 0.833 bits per heavy atom. The monoisotopic (exact) mass is 335 g/mol. The predicted molar refractivity (Wildman–Crippen MR) is 99.5 cm³/mol. The molecule has 1 aromatic carbocycles. The number of benzene rings is 1. The molecular formula is C20H33NO3. The van der Waals surface area contributed by atoms with Crippen LogP contribution in [0.1, 0.15) is 52.7 Å². The number of rotatable bonds is 10. The van der Waals surface area contributed by atoms with E-state index < -0.39 is 0 Å². The maximum absolute atomic E-state index is 5.54. The van der Waals surface area contributed by atoms with Gasteiger partial charge in [-0.2, -0.15) is 0 Å². The summed E-state index contributed by atoms with van der Waals surface area (Å²) in [5, 5.41) is 3.88. The van der Waals surface area contributed by atoms with E-state index in [4.69, 9.17) is 14.0 Å². The van der Waals surface area contributed by atoms with Gasteiger partial charge in [-0.25, -0.2) is 0 Å². The number of aryl methyl sites for hydroxylation is 1. The highest BCUT2D eigenvalue weighted by Gasteiger charge is 1.97. The van der Waals surface area contributed by atoms with E-state index in [1.54, 1.807) is 6.26 Å². The lowest BCUT2D eigenvalue weighted by Gasteiger charge is -2.06. The third kappa shape index (κ3) is 11.7. The molecule has 0 spiro atoms. The molecule has 0 unspecified atom stereocenters. The Balaban J connectivity index is 0.00000123. The summed E-state index contributed by atoms with van der Waals surface area (Å²) in [4.78, 5) is 0. The average molecular weight is 335 g/mol. The zero-order valence-electron chi connectivity index (χ0n) is 15.7. The van der Waals surface area contributed by atoms with Gasteiger partial charge in [0.05, 0.1) is 12.3 Å². The maximum atomic E-state index is 5.54. The van der Waals surface area contributed by atoms with Crippen LogP contribution in [-0.4, -0.2) is 25.0 Å². The van der Waals surface area contributed by atoms with Gasteiger partial charge in [0.2, 0.25) is 0 Å². The van der Waals surface area contributed by atoms with Crippen LogP contribution in [0.15, 0.2) is 47.2 Å². The van der Waals surface area contributed by atoms with Gasteiger partial charge >= 0.3 is 0 Å². The lowest BCUT2D eigenvalue weighted by molar-refractivity contribution is 0.0971. The van der Waals surface area contributed by atoms with E-state index >= 15 is 0 Å². The normalized spacial score (nSPS) is 9.33. The van der Waals surface area contributed by atoms with Crippen molar-refractivity contribution in [3.8, 4) is 5.75 Å². The highest BCUT2D eigenvalue weighted by atomic mass is 16.5. The molecule has 0 aliphatic heterocycles. The predicted octanol–water partition coefficient (Wildman–Crippen LogP) is 5.54. The summed E-state index contributed by atoms with van der Waals surface area (Å²) in [6, 6.07) is 11.7. The van der Waals surface area contributed by atoms with Crippen LogP contribution in [0.5, 0.6) is 5.75 Å². The molecule has 0 saturated heterocycles. The molecule has 0 N–H and O–H groups in total. The Morgan fingerprint density at radius 2 is 1.58 bits per heavy atom. The zero-order chi connectivity index (χ0) is 17.9. The summed E-state index contributed by atoms with van der Waals surface area (Å²) in [6.45, 7) is 10.0. The lowest BCUT2D eigenvalue weighted by atomic mass is 10.1. The molecule has 24 heavy (non-hydrogen) atoms. The summed E-state index contributed by atoms with van der Waals surface area (Å²) in [7, 11) is 0. The molecule has 0 fully saturated rings. The minimum absolute atomic E-state index is 0.600. The number of para-hydroxylation sites is 1. The first-order chi connectivity index (χ1) is 11.9. The van der Waals surface area contributed by atoms with Gasteiger partial charge < -0.3 is 14.0 Å². The number of unbranched alkanes of at least 4 members (excludes halogenated alkanes) is 2. The van der Waals surface area contributed by atoms with Gasteiger partial charge in [-0.05, 0) is 31.4 Å². The molecule has 4 heteroatoms. The number of aromatic nitrogens is 1. The van der Waals surface area contributed by atoms with E-state index in [1.807, 2.05) is 64.1 Å². The molecule has 0 saturated carbocycles. The van der Waals surface area contributed by atoms with Crippen LogP contribution in [0.3, 0.4) is 0 Å². The molecule has 136 valence electrons. The van der Waals surface area contributed by atoms with Crippen LogP contribution in [0, 0.1) is 0 Å². The third-order valence-corrected chi connectivity index (χ3v) is 2.95. The standard InChI is InChI=1S/C16H21NO3.2C2H6/c1-4-8-16(9-5-1)19-14-13-18-11-6-2-3-7-15-10-12-20-17-15;2*1-2/h1,4-5,8-10,12H,2-3,6-7,11,13-14H2;2*1-2H3. The van der Waals surface area contributed by atoms with Crippen molar-refractivity contribution in [2.45, 2.75) is 53.4 Å². The molecule has 1 aromatic heterocycles. The fourth-order valence-electron chi connectivity index (χ4n) is 1.89. The van der Waals surface area contributed by atoms with Crippen molar-refractivity contribution < 1.29 is 14.0 Å². The Hall–Kier alpha value is -1.81. The fraction of sp³-hybridized carbons (Fsp3) is 0.550. The third-order valence-electron chi connectivity index (χ3n) is 2.95. The molecule has 0 radical (unpaired) electrons. The number of hydrogen-bond acceptors (Lipinski definition) is 4. The molecule has 0 aliphatic rings. The van der Waals surface area contributed by atoms with Crippen LogP contribution in [-0.2, 0) is 11.2 Å². The molecular weight excluding hydrogens is 302 g/mol. The minimum atomic E-state index is 0.600. The summed E-state index contributed by atoms with van der Waals surface area (Å²) in [5.41, 5.74) is 1.03. The SMILES string of the molecule is CC.CC.c1ccc(OCCOCCCCCc2ccon2)cc1. The first-order valence-electron chi connectivity index (χ1n) is 9.10. The molecule has 2 aromatic rings. The van der Waals surface area contributed by atoms with Gasteiger partial charge in [-0.1, -0.05) is 57.5 Å². The van der Waals surface area contributed by atoms with Crippen molar-refractivity contribution in [1.29, 1.82) is 0 Å². The molecule has 2 rings (SSSR count). The van der Waals surface area contributed by atoms with Gasteiger partial charge in [-0.3, -0.25) is 0 Å². The Labute approximate surface area is 147 Å². The van der Waals surface area contributed by atoms with E-state index in [9.17, 15) is 0 Å². The maximum Gasteiger partial charge on any atom is 0.124 e. The van der Waals surface area contributed by atoms with Crippen molar-refractivity contribution in [3.05, 3.63) is 48.4 Å². The number of ether oxygens (including phenoxy) is 2. The van der Waals surface area contributed by atoms with E-state index in [1.165, 1.54) is 0 Å². The fourth-order valence-corrected chi connectivity index (χ4v) is 1.89. The molecule has 0 aliphatic carbocycles. The van der Waals surface area contributed by atoms with E-state index in [-0.39, 0.29) is 0 Å². The van der Waals surface area contributed by atoms with Crippen molar-refractivity contribution in [1.82, 2.24) is 5.16 Å². The van der Waals surface area contributed by atoms with E-state index in [0.717, 1.165) is 43.7 Å². The highest BCUT2D eigenvalue weighted by Crippen LogP contribution is 2.08. The quantitative estimate of drug-likeness (QED) is 0.535. The van der Waals surface area contributed by atoms with Crippen molar-refractivity contribution >= 4 is 0 Å². The van der Waals surface area contributed by atoms with Gasteiger partial charge in [0, 0.05) is 12.7 Å². The molecule has 0 atom stereocenters. The molecule has 4 nitrogen and oxygen atoms in total. The Kier molecular flexibility index (Phi) is 16.2. The topological polar surface area (TPSA) is 44.5 Å². The second-order valence-corrected chi connectivity index (χ2v) is 4.58. The summed E-state index contributed by atoms with van der Waals surface area (Å²) < 4.78 is 15.9. The smallest absolute Gasteiger partial charge is 0.124 e. The lowest BCUT2D eigenvalue weighted by Crippen LogP contribution is -2.07. The molecule has 1 heterocycles. The number of hydrogen-bond donors (Lipinski definition) is 0. The van der Waals surface area contributed by atoms with Crippen molar-refractivity contribution in [2.75, 3.05) is 19.8 Å². The summed E-state index contributed by atoms with van der Waals surface area (Å²) in [5.74, 6) is 0.892. The second kappa shape index (κ2) is 17.5. The average Bonchev–Trinajstić information content (AvgIpc) is 3.18.